The van der Waals surface area contributed by atoms with E-state index in [1.54, 1.807) is 29.8 Å². The number of amides is 1. The number of hydrogen-bond donors (Lipinski definition) is 0. The number of fused-ring (bicyclic) bond motifs is 1. The molecule has 0 spiro atoms. The summed E-state index contributed by atoms with van der Waals surface area (Å²) in [5.41, 5.74) is 0.752. The van der Waals surface area contributed by atoms with Crippen molar-refractivity contribution in [2.75, 3.05) is 13.7 Å². The molecule has 2 heterocycles. The van der Waals surface area contributed by atoms with E-state index in [0.717, 1.165) is 5.52 Å². The highest BCUT2D eigenvalue weighted by Gasteiger charge is 2.39. The summed E-state index contributed by atoms with van der Waals surface area (Å²) in [4.78, 5) is 17.6. The average molecular weight is 450 g/mol. The van der Waals surface area contributed by atoms with Gasteiger partial charge in [0.15, 0.2) is 4.80 Å². The van der Waals surface area contributed by atoms with Crippen molar-refractivity contribution in [3.63, 3.8) is 0 Å². The van der Waals surface area contributed by atoms with Crippen LogP contribution in [-0.2, 0) is 21.9 Å². The summed E-state index contributed by atoms with van der Waals surface area (Å²) in [6, 6.07) is 9.57. The van der Waals surface area contributed by atoms with Crippen molar-refractivity contribution in [1.29, 1.82) is 0 Å². The third-order valence-electron chi connectivity index (χ3n) is 5.13. The normalized spacial score (nSPS) is 18.2. The molecule has 2 aromatic carbocycles. The molecule has 0 saturated carbocycles. The van der Waals surface area contributed by atoms with Gasteiger partial charge in [-0.25, -0.2) is 12.8 Å². The first-order chi connectivity index (χ1) is 14.3. The number of aryl methyl sites for hydroxylation is 1. The monoisotopic (exact) mass is 449 g/mol. The van der Waals surface area contributed by atoms with Crippen molar-refractivity contribution in [2.45, 2.75) is 23.8 Å². The van der Waals surface area contributed by atoms with Gasteiger partial charge >= 0.3 is 0 Å². The van der Waals surface area contributed by atoms with Crippen molar-refractivity contribution < 1.29 is 22.3 Å². The van der Waals surface area contributed by atoms with E-state index in [-0.39, 0.29) is 17.3 Å². The molecule has 158 valence electrons. The molecule has 4 rings (SSSR count). The number of sulfonamides is 1. The molecular formula is C20H20FN3O4S2. The van der Waals surface area contributed by atoms with Crippen LogP contribution in [0.1, 0.15) is 12.8 Å². The van der Waals surface area contributed by atoms with Crippen LogP contribution in [0.4, 0.5) is 4.39 Å². The number of halogens is 1. The van der Waals surface area contributed by atoms with E-state index in [4.69, 9.17) is 4.74 Å². The predicted molar refractivity (Wildman–Crippen MR) is 111 cm³/mol. The van der Waals surface area contributed by atoms with Crippen LogP contribution in [0.15, 0.2) is 52.4 Å². The zero-order chi connectivity index (χ0) is 21.5. The quantitative estimate of drug-likeness (QED) is 0.613. The molecule has 0 N–H and O–H groups in total. The van der Waals surface area contributed by atoms with Gasteiger partial charge in [0.25, 0.3) is 5.91 Å². The highest BCUT2D eigenvalue weighted by atomic mass is 32.2. The van der Waals surface area contributed by atoms with Gasteiger partial charge in [0.1, 0.15) is 17.6 Å². The molecule has 1 aliphatic rings. The lowest BCUT2D eigenvalue weighted by Gasteiger charge is -2.21. The molecule has 0 bridgehead atoms. The van der Waals surface area contributed by atoms with E-state index in [1.807, 2.05) is 0 Å². The molecule has 1 saturated heterocycles. The maximum absolute atomic E-state index is 13.5. The van der Waals surface area contributed by atoms with Gasteiger partial charge in [0.2, 0.25) is 10.0 Å². The van der Waals surface area contributed by atoms with Gasteiger partial charge in [-0.05, 0) is 55.3 Å². The summed E-state index contributed by atoms with van der Waals surface area (Å²) >= 11 is 1.19. The van der Waals surface area contributed by atoms with Gasteiger partial charge in [-0.2, -0.15) is 9.30 Å². The first-order valence-corrected chi connectivity index (χ1v) is 11.6. The predicted octanol–water partition coefficient (Wildman–Crippen LogP) is 2.67. The Balaban J connectivity index is 1.67. The zero-order valence-electron chi connectivity index (χ0n) is 16.4. The number of thiazole rings is 1. The zero-order valence-corrected chi connectivity index (χ0v) is 18.0. The van der Waals surface area contributed by atoms with Crippen LogP contribution >= 0.6 is 11.3 Å². The number of nitrogens with zero attached hydrogens (tertiary/aromatic N) is 3. The summed E-state index contributed by atoms with van der Waals surface area (Å²) in [5.74, 6) is -0.339. The largest absolute Gasteiger partial charge is 0.497 e. The summed E-state index contributed by atoms with van der Waals surface area (Å²) in [5, 5.41) is 0. The Bertz CT molecular complexity index is 1280. The summed E-state index contributed by atoms with van der Waals surface area (Å²) in [7, 11) is -0.605. The second kappa shape index (κ2) is 7.93. The molecule has 1 fully saturated rings. The number of benzene rings is 2. The topological polar surface area (TPSA) is 81.0 Å². The fraction of sp³-hybridized carbons (Fsp3) is 0.300. The molecule has 30 heavy (non-hydrogen) atoms. The third kappa shape index (κ3) is 3.66. The first kappa shape index (κ1) is 20.7. The molecule has 7 nitrogen and oxygen atoms in total. The average Bonchev–Trinajstić information content (AvgIpc) is 3.34. The van der Waals surface area contributed by atoms with Crippen LogP contribution in [0.2, 0.25) is 0 Å². The minimum Gasteiger partial charge on any atom is -0.497 e. The lowest BCUT2D eigenvalue weighted by atomic mass is 10.2. The molecule has 0 radical (unpaired) electrons. The second-order valence-electron chi connectivity index (χ2n) is 6.96. The smallest absolute Gasteiger partial charge is 0.266 e. The summed E-state index contributed by atoms with van der Waals surface area (Å²) in [6.45, 7) is 0.254. The number of methoxy groups -OCH3 is 1. The lowest BCUT2D eigenvalue weighted by molar-refractivity contribution is -0.121. The fourth-order valence-corrected chi connectivity index (χ4v) is 6.24. The molecular weight excluding hydrogens is 429 g/mol. The Morgan fingerprint density at radius 1 is 1.23 bits per heavy atom. The fourth-order valence-electron chi connectivity index (χ4n) is 3.54. The van der Waals surface area contributed by atoms with Crippen molar-refractivity contribution in [1.82, 2.24) is 8.87 Å². The number of aromatic nitrogens is 1. The molecule has 10 heteroatoms. The van der Waals surface area contributed by atoms with Gasteiger partial charge in [-0.1, -0.05) is 11.3 Å². The molecule has 0 unspecified atom stereocenters. The van der Waals surface area contributed by atoms with E-state index in [1.165, 1.54) is 47.0 Å². The number of rotatable bonds is 4. The Hall–Kier alpha value is -2.56. The molecule has 3 aromatic rings. The van der Waals surface area contributed by atoms with E-state index in [0.29, 0.717) is 28.1 Å². The Morgan fingerprint density at radius 2 is 1.97 bits per heavy atom. The Kier molecular flexibility index (Phi) is 5.48. The standard InChI is InChI=1S/C20H20FN3O4S2/c1-23-16-10-5-13(21)12-18(16)29-20(23)22-19(25)17-4-3-11-24(17)30(26,27)15-8-6-14(28-2)7-9-15/h5-10,12,17H,3-4,11H2,1-2H3/t17-/m1/s1. The van der Waals surface area contributed by atoms with E-state index < -0.39 is 22.0 Å². The van der Waals surface area contributed by atoms with Crippen LogP contribution in [0.25, 0.3) is 10.2 Å². The van der Waals surface area contributed by atoms with Gasteiger partial charge in [-0.3, -0.25) is 4.79 Å². The highest BCUT2D eigenvalue weighted by Crippen LogP contribution is 2.28. The van der Waals surface area contributed by atoms with Gasteiger partial charge in [0.05, 0.1) is 22.2 Å². The summed E-state index contributed by atoms with van der Waals surface area (Å²) in [6.07, 6.45) is 0.978. The maximum Gasteiger partial charge on any atom is 0.266 e. The minimum atomic E-state index is -3.85. The van der Waals surface area contributed by atoms with Crippen molar-refractivity contribution >= 4 is 37.5 Å². The lowest BCUT2D eigenvalue weighted by Crippen LogP contribution is -2.40. The molecule has 1 atom stereocenters. The number of hydrogen-bond acceptors (Lipinski definition) is 5. The van der Waals surface area contributed by atoms with Crippen LogP contribution in [-0.4, -0.2) is 42.9 Å². The molecule has 1 amide bonds. The van der Waals surface area contributed by atoms with Crippen molar-refractivity contribution in [3.05, 3.63) is 53.1 Å². The number of carbonyl (C=O) groups is 1. The van der Waals surface area contributed by atoms with E-state index in [9.17, 15) is 17.6 Å². The van der Waals surface area contributed by atoms with E-state index in [2.05, 4.69) is 4.99 Å². The van der Waals surface area contributed by atoms with Crippen molar-refractivity contribution in [3.8, 4) is 5.75 Å². The molecule has 0 aliphatic carbocycles. The Labute approximate surface area is 177 Å². The van der Waals surface area contributed by atoms with Crippen LogP contribution in [0.3, 0.4) is 0 Å². The maximum atomic E-state index is 13.5. The second-order valence-corrected chi connectivity index (χ2v) is 9.85. The van der Waals surface area contributed by atoms with Crippen molar-refractivity contribution in [2.24, 2.45) is 12.0 Å². The third-order valence-corrected chi connectivity index (χ3v) is 8.15. The first-order valence-electron chi connectivity index (χ1n) is 9.31. The van der Waals surface area contributed by atoms with E-state index >= 15 is 0 Å². The van der Waals surface area contributed by atoms with Gasteiger partial charge in [0, 0.05) is 13.6 Å². The number of ether oxygens (including phenoxy) is 1. The summed E-state index contributed by atoms with van der Waals surface area (Å²) < 4.78 is 48.3. The minimum absolute atomic E-state index is 0.103. The van der Waals surface area contributed by atoms with Gasteiger partial charge < -0.3 is 9.30 Å². The molecule has 1 aromatic heterocycles. The van der Waals surface area contributed by atoms with Gasteiger partial charge in [-0.15, -0.1) is 0 Å². The SMILES string of the molecule is COc1ccc(S(=O)(=O)N2CCC[C@@H]2C(=O)N=c2sc3cc(F)ccc3n2C)cc1. The molecule has 1 aliphatic heterocycles. The highest BCUT2D eigenvalue weighted by molar-refractivity contribution is 7.89. The van der Waals surface area contributed by atoms with Crippen LogP contribution in [0.5, 0.6) is 5.75 Å². The Morgan fingerprint density at radius 3 is 2.67 bits per heavy atom. The van der Waals surface area contributed by atoms with Crippen LogP contribution < -0.4 is 9.54 Å². The number of carbonyl (C=O) groups excluding carboxylic acids is 1. The van der Waals surface area contributed by atoms with Crippen LogP contribution in [0, 0.1) is 5.82 Å².